The highest BCUT2D eigenvalue weighted by Gasteiger charge is 2.14. The molecule has 0 aliphatic carbocycles. The second-order valence-electron chi connectivity index (χ2n) is 5.10. The van der Waals surface area contributed by atoms with Crippen LogP contribution in [0.25, 0.3) is 0 Å². The quantitative estimate of drug-likeness (QED) is 0.888. The van der Waals surface area contributed by atoms with Gasteiger partial charge in [0.15, 0.2) is 18.1 Å². The Morgan fingerprint density at radius 3 is 2.00 bits per heavy atom. The van der Waals surface area contributed by atoms with Crippen LogP contribution in [-0.4, -0.2) is 26.7 Å². The zero-order chi connectivity index (χ0) is 16.8. The average Bonchev–Trinajstić information content (AvgIpc) is 2.56. The molecule has 2 rings (SSSR count). The highest BCUT2D eigenvalue weighted by molar-refractivity contribution is 5.93. The van der Waals surface area contributed by atoms with E-state index in [4.69, 9.17) is 14.2 Å². The molecular formula is C18H21NO4. The van der Waals surface area contributed by atoms with E-state index in [1.54, 1.807) is 32.4 Å². The van der Waals surface area contributed by atoms with Crippen LogP contribution in [0, 0.1) is 13.8 Å². The van der Waals surface area contributed by atoms with Crippen LogP contribution >= 0.6 is 0 Å². The summed E-state index contributed by atoms with van der Waals surface area (Å²) in [5, 5.41) is 2.88. The van der Waals surface area contributed by atoms with Crippen molar-refractivity contribution in [2.75, 3.05) is 26.1 Å². The molecule has 23 heavy (non-hydrogen) atoms. The predicted molar refractivity (Wildman–Crippen MR) is 89.6 cm³/mol. The zero-order valence-electron chi connectivity index (χ0n) is 13.8. The fourth-order valence-corrected chi connectivity index (χ4v) is 2.28. The van der Waals surface area contributed by atoms with E-state index in [0.717, 1.165) is 16.8 Å². The number of rotatable bonds is 6. The maximum atomic E-state index is 12.2. The Morgan fingerprint density at radius 1 is 0.957 bits per heavy atom. The molecule has 0 aliphatic rings. The normalized spacial score (nSPS) is 10.1. The number of para-hydroxylation sites is 2. The second-order valence-corrected chi connectivity index (χ2v) is 5.10. The van der Waals surface area contributed by atoms with Gasteiger partial charge < -0.3 is 19.5 Å². The van der Waals surface area contributed by atoms with Crippen LogP contribution in [0.15, 0.2) is 36.4 Å². The molecule has 2 aromatic carbocycles. The molecule has 0 aliphatic heterocycles. The Kier molecular flexibility index (Phi) is 5.46. The van der Waals surface area contributed by atoms with Crippen LogP contribution in [0.1, 0.15) is 11.1 Å². The molecule has 0 heterocycles. The SMILES string of the molecule is COc1cccc(OC)c1OCC(=O)Nc1c(C)cccc1C. The molecule has 0 saturated carbocycles. The topological polar surface area (TPSA) is 56.8 Å². The standard InChI is InChI=1S/C18H21NO4/c1-12-7-5-8-13(2)17(12)19-16(20)11-23-18-14(21-3)9-6-10-15(18)22-4/h5-10H,11H2,1-4H3,(H,19,20). The summed E-state index contributed by atoms with van der Waals surface area (Å²) >= 11 is 0. The van der Waals surface area contributed by atoms with E-state index in [2.05, 4.69) is 5.32 Å². The van der Waals surface area contributed by atoms with Crippen LogP contribution in [0.3, 0.4) is 0 Å². The van der Waals surface area contributed by atoms with Gasteiger partial charge in [0.1, 0.15) is 0 Å². The first kappa shape index (κ1) is 16.7. The van der Waals surface area contributed by atoms with Gasteiger partial charge in [-0.1, -0.05) is 24.3 Å². The van der Waals surface area contributed by atoms with E-state index in [1.165, 1.54) is 0 Å². The smallest absolute Gasteiger partial charge is 0.262 e. The highest BCUT2D eigenvalue weighted by atomic mass is 16.5. The number of hydrogen-bond donors (Lipinski definition) is 1. The molecule has 5 heteroatoms. The summed E-state index contributed by atoms with van der Waals surface area (Å²) in [6.07, 6.45) is 0. The summed E-state index contributed by atoms with van der Waals surface area (Å²) < 4.78 is 16.1. The third-order valence-electron chi connectivity index (χ3n) is 3.48. The number of methoxy groups -OCH3 is 2. The summed E-state index contributed by atoms with van der Waals surface area (Å²) in [5.41, 5.74) is 2.83. The first-order chi connectivity index (χ1) is 11.1. The predicted octanol–water partition coefficient (Wildman–Crippen LogP) is 3.34. The Hall–Kier alpha value is -2.69. The summed E-state index contributed by atoms with van der Waals surface area (Å²) in [5.74, 6) is 1.21. The lowest BCUT2D eigenvalue weighted by atomic mass is 10.1. The molecule has 0 atom stereocenters. The number of hydrogen-bond acceptors (Lipinski definition) is 4. The lowest BCUT2D eigenvalue weighted by molar-refractivity contribution is -0.118. The molecule has 0 bridgehead atoms. The first-order valence-corrected chi connectivity index (χ1v) is 7.26. The van der Waals surface area contributed by atoms with Crippen molar-refractivity contribution in [2.24, 2.45) is 0 Å². The van der Waals surface area contributed by atoms with Crippen LogP contribution in [-0.2, 0) is 4.79 Å². The Morgan fingerprint density at radius 2 is 1.48 bits per heavy atom. The number of amides is 1. The van der Waals surface area contributed by atoms with Crippen molar-refractivity contribution in [3.05, 3.63) is 47.5 Å². The summed E-state index contributed by atoms with van der Waals surface area (Å²) in [7, 11) is 3.08. The van der Waals surface area contributed by atoms with Crippen molar-refractivity contribution < 1.29 is 19.0 Å². The Balaban J connectivity index is 2.08. The van der Waals surface area contributed by atoms with Crippen LogP contribution < -0.4 is 19.5 Å². The lowest BCUT2D eigenvalue weighted by Gasteiger charge is -2.15. The van der Waals surface area contributed by atoms with Gasteiger partial charge in [-0.05, 0) is 37.1 Å². The molecule has 1 N–H and O–H groups in total. The molecule has 0 unspecified atom stereocenters. The van der Waals surface area contributed by atoms with Crippen molar-refractivity contribution in [3.8, 4) is 17.2 Å². The van der Waals surface area contributed by atoms with E-state index >= 15 is 0 Å². The van der Waals surface area contributed by atoms with Gasteiger partial charge in [-0.2, -0.15) is 0 Å². The molecule has 5 nitrogen and oxygen atoms in total. The molecule has 0 fully saturated rings. The number of aryl methyl sites for hydroxylation is 2. The van der Waals surface area contributed by atoms with Crippen molar-refractivity contribution in [1.82, 2.24) is 0 Å². The number of anilines is 1. The molecule has 0 spiro atoms. The Bertz CT molecular complexity index is 655. The third kappa shape index (κ3) is 3.94. The van der Waals surface area contributed by atoms with Crippen LogP contribution in [0.5, 0.6) is 17.2 Å². The fourth-order valence-electron chi connectivity index (χ4n) is 2.28. The molecular weight excluding hydrogens is 294 g/mol. The van der Waals surface area contributed by atoms with E-state index < -0.39 is 0 Å². The largest absolute Gasteiger partial charge is 0.493 e. The second kappa shape index (κ2) is 7.54. The first-order valence-electron chi connectivity index (χ1n) is 7.26. The summed E-state index contributed by atoms with van der Waals surface area (Å²) in [4.78, 5) is 12.2. The molecule has 2 aromatic rings. The van der Waals surface area contributed by atoms with Crippen LogP contribution in [0.4, 0.5) is 5.69 Å². The van der Waals surface area contributed by atoms with Gasteiger partial charge in [-0.25, -0.2) is 0 Å². The monoisotopic (exact) mass is 315 g/mol. The van der Waals surface area contributed by atoms with Gasteiger partial charge in [-0.15, -0.1) is 0 Å². The minimum absolute atomic E-state index is 0.134. The fraction of sp³-hybridized carbons (Fsp3) is 0.278. The molecule has 122 valence electrons. The number of benzene rings is 2. The van der Waals surface area contributed by atoms with E-state index in [0.29, 0.717) is 17.2 Å². The van der Waals surface area contributed by atoms with Gasteiger partial charge >= 0.3 is 0 Å². The number of ether oxygens (including phenoxy) is 3. The van der Waals surface area contributed by atoms with E-state index in [-0.39, 0.29) is 12.5 Å². The number of nitrogens with one attached hydrogen (secondary N) is 1. The lowest BCUT2D eigenvalue weighted by Crippen LogP contribution is -2.21. The van der Waals surface area contributed by atoms with Crippen molar-refractivity contribution in [3.63, 3.8) is 0 Å². The maximum absolute atomic E-state index is 12.2. The molecule has 0 aromatic heterocycles. The van der Waals surface area contributed by atoms with Gasteiger partial charge in [0.05, 0.1) is 14.2 Å². The van der Waals surface area contributed by atoms with Gasteiger partial charge in [0, 0.05) is 5.69 Å². The van der Waals surface area contributed by atoms with E-state index in [9.17, 15) is 4.79 Å². The van der Waals surface area contributed by atoms with Gasteiger partial charge in [-0.3, -0.25) is 4.79 Å². The molecule has 1 amide bonds. The van der Waals surface area contributed by atoms with Gasteiger partial charge in [0.2, 0.25) is 5.75 Å². The number of carbonyl (C=O) groups excluding carboxylic acids is 1. The van der Waals surface area contributed by atoms with Crippen molar-refractivity contribution >= 4 is 11.6 Å². The highest BCUT2D eigenvalue weighted by Crippen LogP contribution is 2.36. The number of carbonyl (C=O) groups is 1. The zero-order valence-corrected chi connectivity index (χ0v) is 13.8. The minimum Gasteiger partial charge on any atom is -0.493 e. The van der Waals surface area contributed by atoms with Crippen molar-refractivity contribution in [1.29, 1.82) is 0 Å². The Labute approximate surface area is 136 Å². The summed E-state index contributed by atoms with van der Waals surface area (Å²) in [6, 6.07) is 11.2. The molecule has 0 radical (unpaired) electrons. The minimum atomic E-state index is -0.240. The molecule has 0 saturated heterocycles. The average molecular weight is 315 g/mol. The summed E-state index contributed by atoms with van der Waals surface area (Å²) in [6.45, 7) is 3.77. The van der Waals surface area contributed by atoms with Gasteiger partial charge in [0.25, 0.3) is 5.91 Å². The maximum Gasteiger partial charge on any atom is 0.262 e. The van der Waals surface area contributed by atoms with Crippen molar-refractivity contribution in [2.45, 2.75) is 13.8 Å². The van der Waals surface area contributed by atoms with E-state index in [1.807, 2.05) is 32.0 Å². The van der Waals surface area contributed by atoms with Crippen LogP contribution in [0.2, 0.25) is 0 Å². The third-order valence-corrected chi connectivity index (χ3v) is 3.48.